The van der Waals surface area contributed by atoms with Crippen molar-refractivity contribution in [1.82, 2.24) is 4.98 Å². The minimum Gasteiger partial charge on any atom is -0.455 e. The SMILES string of the molecule is Cc1csc(NC(=O)COC(=O)[C@@H]2C[C@H]2c2ccccc2C(F)(F)F)n1. The number of hydrogen-bond donors (Lipinski definition) is 1. The number of nitrogens with zero attached hydrogens (tertiary/aromatic N) is 1. The number of benzene rings is 1. The minimum atomic E-state index is -4.47. The first-order chi connectivity index (χ1) is 12.3. The molecule has 1 aromatic heterocycles. The number of aryl methyl sites for hydroxylation is 1. The summed E-state index contributed by atoms with van der Waals surface area (Å²) < 4.78 is 44.1. The highest BCUT2D eigenvalue weighted by molar-refractivity contribution is 7.13. The number of ether oxygens (including phenoxy) is 1. The molecule has 0 spiro atoms. The smallest absolute Gasteiger partial charge is 0.416 e. The van der Waals surface area contributed by atoms with Crippen LogP contribution in [0, 0.1) is 12.8 Å². The van der Waals surface area contributed by atoms with Crippen LogP contribution in [-0.4, -0.2) is 23.5 Å². The molecule has 1 saturated carbocycles. The number of esters is 1. The molecule has 1 fully saturated rings. The molecular weight excluding hydrogens is 369 g/mol. The Morgan fingerprint density at radius 1 is 1.35 bits per heavy atom. The lowest BCUT2D eigenvalue weighted by atomic mass is 10.0. The first kappa shape index (κ1) is 18.4. The van der Waals surface area contributed by atoms with Gasteiger partial charge in [-0.2, -0.15) is 13.2 Å². The lowest BCUT2D eigenvalue weighted by Crippen LogP contribution is -2.21. The molecule has 2 atom stereocenters. The van der Waals surface area contributed by atoms with E-state index < -0.39 is 42.1 Å². The van der Waals surface area contributed by atoms with Crippen molar-refractivity contribution in [3.05, 3.63) is 46.5 Å². The summed E-state index contributed by atoms with van der Waals surface area (Å²) in [7, 11) is 0. The highest BCUT2D eigenvalue weighted by Crippen LogP contribution is 2.51. The van der Waals surface area contributed by atoms with Crippen LogP contribution in [0.25, 0.3) is 0 Å². The van der Waals surface area contributed by atoms with Crippen LogP contribution < -0.4 is 5.32 Å². The lowest BCUT2D eigenvalue weighted by molar-refractivity contribution is -0.149. The van der Waals surface area contributed by atoms with E-state index in [0.717, 1.165) is 11.8 Å². The van der Waals surface area contributed by atoms with E-state index in [1.54, 1.807) is 12.3 Å². The number of anilines is 1. The second-order valence-electron chi connectivity index (χ2n) is 5.98. The zero-order chi connectivity index (χ0) is 18.9. The van der Waals surface area contributed by atoms with E-state index in [9.17, 15) is 22.8 Å². The first-order valence-corrected chi connectivity index (χ1v) is 8.68. The number of carbonyl (C=O) groups excluding carboxylic acids is 2. The molecule has 0 aliphatic heterocycles. The number of rotatable bonds is 5. The van der Waals surface area contributed by atoms with Crippen molar-refractivity contribution in [3.8, 4) is 0 Å². The molecule has 1 N–H and O–H groups in total. The van der Waals surface area contributed by atoms with Crippen LogP contribution in [0.3, 0.4) is 0 Å². The van der Waals surface area contributed by atoms with Gasteiger partial charge in [-0.3, -0.25) is 14.9 Å². The number of alkyl halides is 3. The molecule has 1 aromatic carbocycles. The van der Waals surface area contributed by atoms with E-state index in [2.05, 4.69) is 10.3 Å². The van der Waals surface area contributed by atoms with Crippen LogP contribution in [0.15, 0.2) is 29.6 Å². The Morgan fingerprint density at radius 3 is 2.73 bits per heavy atom. The number of halogens is 3. The third kappa shape index (κ3) is 4.21. The molecule has 26 heavy (non-hydrogen) atoms. The van der Waals surface area contributed by atoms with E-state index in [0.29, 0.717) is 5.13 Å². The van der Waals surface area contributed by atoms with Crippen molar-refractivity contribution < 1.29 is 27.5 Å². The fourth-order valence-electron chi connectivity index (χ4n) is 2.69. The summed E-state index contributed by atoms with van der Waals surface area (Å²) in [6.45, 7) is 1.28. The van der Waals surface area contributed by atoms with Gasteiger partial charge in [0.05, 0.1) is 17.2 Å². The van der Waals surface area contributed by atoms with E-state index in [4.69, 9.17) is 4.74 Å². The molecule has 0 unspecified atom stereocenters. The number of carbonyl (C=O) groups is 2. The van der Waals surface area contributed by atoms with Gasteiger partial charge in [-0.1, -0.05) is 18.2 Å². The molecule has 0 saturated heterocycles. The Hall–Kier alpha value is -2.42. The van der Waals surface area contributed by atoms with Crippen molar-refractivity contribution in [1.29, 1.82) is 0 Å². The van der Waals surface area contributed by atoms with E-state index in [-0.39, 0.29) is 12.0 Å². The van der Waals surface area contributed by atoms with Crippen molar-refractivity contribution in [3.63, 3.8) is 0 Å². The van der Waals surface area contributed by atoms with Crippen LogP contribution in [0.2, 0.25) is 0 Å². The predicted octanol–water partition coefficient (Wildman–Crippen LogP) is 3.76. The van der Waals surface area contributed by atoms with Crippen molar-refractivity contribution in [2.45, 2.75) is 25.4 Å². The Balaban J connectivity index is 1.54. The third-order valence-electron chi connectivity index (χ3n) is 3.97. The van der Waals surface area contributed by atoms with Crippen LogP contribution >= 0.6 is 11.3 Å². The molecule has 5 nitrogen and oxygen atoms in total. The molecule has 9 heteroatoms. The standard InChI is InChI=1S/C17H15F3N2O3S/c1-9-8-26-16(21-9)22-14(23)7-25-15(24)12-6-11(12)10-4-2-3-5-13(10)17(18,19)20/h2-5,8,11-12H,6-7H2,1H3,(H,21,22,23)/t11-,12+/m0/s1. The highest BCUT2D eigenvalue weighted by atomic mass is 32.1. The average molecular weight is 384 g/mol. The summed E-state index contributed by atoms with van der Waals surface area (Å²) in [6.07, 6.45) is -4.20. The molecule has 3 rings (SSSR count). The van der Waals surface area contributed by atoms with Gasteiger partial charge in [0.2, 0.25) is 0 Å². The fraction of sp³-hybridized carbons (Fsp3) is 0.353. The molecule has 138 valence electrons. The van der Waals surface area contributed by atoms with Gasteiger partial charge < -0.3 is 4.74 Å². The summed E-state index contributed by atoms with van der Waals surface area (Å²) in [4.78, 5) is 27.8. The van der Waals surface area contributed by atoms with Crippen molar-refractivity contribution in [2.75, 3.05) is 11.9 Å². The number of thiazole rings is 1. The topological polar surface area (TPSA) is 68.3 Å². The molecule has 1 heterocycles. The molecule has 1 amide bonds. The number of nitrogens with one attached hydrogen (secondary N) is 1. The normalized spacial score (nSPS) is 19.1. The molecular formula is C17H15F3N2O3S. The minimum absolute atomic E-state index is 0.0877. The van der Waals surface area contributed by atoms with Crippen LogP contribution in [0.4, 0.5) is 18.3 Å². The molecule has 2 aromatic rings. The summed E-state index contributed by atoms with van der Waals surface area (Å²) in [5, 5.41) is 4.65. The summed E-state index contributed by atoms with van der Waals surface area (Å²) in [5.41, 5.74) is 0.105. The maximum Gasteiger partial charge on any atom is 0.416 e. The van der Waals surface area contributed by atoms with Crippen molar-refractivity contribution >= 4 is 28.3 Å². The third-order valence-corrected chi connectivity index (χ3v) is 4.85. The Kier molecular flexibility index (Phi) is 4.99. The van der Waals surface area contributed by atoms with Crippen LogP contribution in [0.5, 0.6) is 0 Å². The van der Waals surface area contributed by atoms with Crippen LogP contribution in [-0.2, 0) is 20.5 Å². The largest absolute Gasteiger partial charge is 0.455 e. The van der Waals surface area contributed by atoms with Gasteiger partial charge in [-0.15, -0.1) is 11.3 Å². The van der Waals surface area contributed by atoms with E-state index in [1.807, 2.05) is 0 Å². The maximum absolute atomic E-state index is 13.1. The number of aromatic nitrogens is 1. The summed E-state index contributed by atoms with van der Waals surface area (Å²) >= 11 is 1.24. The second-order valence-corrected chi connectivity index (χ2v) is 6.84. The Bertz CT molecular complexity index is 835. The van der Waals surface area contributed by atoms with Gasteiger partial charge in [0.15, 0.2) is 11.7 Å². The highest BCUT2D eigenvalue weighted by Gasteiger charge is 2.48. The lowest BCUT2D eigenvalue weighted by Gasteiger charge is -2.12. The quantitative estimate of drug-likeness (QED) is 0.797. The Morgan fingerprint density at radius 2 is 2.08 bits per heavy atom. The maximum atomic E-state index is 13.1. The molecule has 0 bridgehead atoms. The van der Waals surface area contributed by atoms with Crippen LogP contribution in [0.1, 0.15) is 29.2 Å². The van der Waals surface area contributed by atoms with Gasteiger partial charge >= 0.3 is 12.1 Å². The Labute approximate surface area is 151 Å². The predicted molar refractivity (Wildman–Crippen MR) is 88.7 cm³/mol. The monoisotopic (exact) mass is 384 g/mol. The zero-order valence-corrected chi connectivity index (χ0v) is 14.5. The molecule has 0 radical (unpaired) electrons. The first-order valence-electron chi connectivity index (χ1n) is 7.80. The fourth-order valence-corrected chi connectivity index (χ4v) is 3.39. The average Bonchev–Trinajstić information content (AvgIpc) is 3.28. The number of amides is 1. The van der Waals surface area contributed by atoms with Crippen molar-refractivity contribution in [2.24, 2.45) is 5.92 Å². The summed E-state index contributed by atoms with van der Waals surface area (Å²) in [5.74, 6) is -2.41. The van der Waals surface area contributed by atoms with Gasteiger partial charge in [-0.05, 0) is 30.9 Å². The van der Waals surface area contributed by atoms with Gasteiger partial charge in [0, 0.05) is 5.38 Å². The van der Waals surface area contributed by atoms with E-state index >= 15 is 0 Å². The van der Waals surface area contributed by atoms with Gasteiger partial charge in [0.1, 0.15) is 0 Å². The molecule has 1 aliphatic carbocycles. The van der Waals surface area contributed by atoms with Gasteiger partial charge in [0.25, 0.3) is 5.91 Å². The summed E-state index contributed by atoms with van der Waals surface area (Å²) in [6, 6.07) is 5.19. The van der Waals surface area contributed by atoms with E-state index in [1.165, 1.54) is 29.5 Å². The second kappa shape index (κ2) is 7.06. The van der Waals surface area contributed by atoms with Gasteiger partial charge in [-0.25, -0.2) is 4.98 Å². The zero-order valence-electron chi connectivity index (χ0n) is 13.7. The molecule has 1 aliphatic rings. The number of hydrogen-bond acceptors (Lipinski definition) is 5.